The average Bonchev–Trinajstić information content (AvgIpc) is 3.04. The lowest BCUT2D eigenvalue weighted by Crippen LogP contribution is -2.40. The number of carbonyl (C=O) groups excluding carboxylic acids is 2. The van der Waals surface area contributed by atoms with Crippen molar-refractivity contribution in [3.63, 3.8) is 0 Å². The van der Waals surface area contributed by atoms with Crippen LogP contribution in [0.15, 0.2) is 36.9 Å². The number of amides is 2. The Morgan fingerprint density at radius 3 is 2.68 bits per heavy atom. The molecule has 0 aliphatic carbocycles. The lowest BCUT2D eigenvalue weighted by atomic mass is 10.1. The predicted octanol–water partition coefficient (Wildman–Crippen LogP) is 1.35. The topological polar surface area (TPSA) is 80.1 Å². The fourth-order valence-corrected chi connectivity index (χ4v) is 2.90. The van der Waals surface area contributed by atoms with Crippen LogP contribution in [0.5, 0.6) is 0 Å². The van der Waals surface area contributed by atoms with E-state index in [1.807, 2.05) is 24.3 Å². The van der Waals surface area contributed by atoms with Crippen LogP contribution in [0.25, 0.3) is 0 Å². The van der Waals surface area contributed by atoms with Crippen molar-refractivity contribution in [3.8, 4) is 0 Å². The number of rotatable bonds is 6. The minimum absolute atomic E-state index is 0.0881. The van der Waals surface area contributed by atoms with Gasteiger partial charge in [0.15, 0.2) is 0 Å². The predicted molar refractivity (Wildman–Crippen MR) is 92.5 cm³/mol. The van der Waals surface area contributed by atoms with Gasteiger partial charge in [0, 0.05) is 19.5 Å². The molecule has 3 rings (SSSR count). The number of nitrogens with one attached hydrogen (secondary N) is 1. The molecule has 1 saturated heterocycles. The van der Waals surface area contributed by atoms with Crippen LogP contribution in [0, 0.1) is 0 Å². The Bertz CT molecular complexity index is 697. The Hall–Kier alpha value is -2.70. The summed E-state index contributed by atoms with van der Waals surface area (Å²) in [4.78, 5) is 29.6. The van der Waals surface area contributed by atoms with Crippen LogP contribution < -0.4 is 5.32 Å². The van der Waals surface area contributed by atoms with Gasteiger partial charge in [0.25, 0.3) is 0 Å². The molecule has 2 aromatic rings. The van der Waals surface area contributed by atoms with E-state index >= 15 is 0 Å². The van der Waals surface area contributed by atoms with Crippen molar-refractivity contribution < 1.29 is 9.59 Å². The number of aromatic nitrogens is 3. The fraction of sp³-hybridized carbons (Fsp3) is 0.444. The summed E-state index contributed by atoms with van der Waals surface area (Å²) < 4.78 is 1.76. The molecule has 0 bridgehead atoms. The second-order valence-electron chi connectivity index (χ2n) is 6.31. The molecule has 0 radical (unpaired) electrons. The molecular formula is C18H23N5O2. The highest BCUT2D eigenvalue weighted by atomic mass is 16.2. The van der Waals surface area contributed by atoms with Crippen LogP contribution in [-0.4, -0.2) is 44.6 Å². The van der Waals surface area contributed by atoms with Gasteiger partial charge in [-0.3, -0.25) is 9.59 Å². The van der Waals surface area contributed by atoms with Gasteiger partial charge in [-0.2, -0.15) is 5.10 Å². The van der Waals surface area contributed by atoms with Crippen LogP contribution >= 0.6 is 0 Å². The molecule has 0 unspecified atom stereocenters. The van der Waals surface area contributed by atoms with Crippen molar-refractivity contribution in [2.24, 2.45) is 0 Å². The lowest BCUT2D eigenvalue weighted by Gasteiger charge is -2.19. The molecule has 7 heteroatoms. The summed E-state index contributed by atoms with van der Waals surface area (Å²) in [6.45, 7) is 1.97. The third-order valence-electron chi connectivity index (χ3n) is 4.33. The van der Waals surface area contributed by atoms with Gasteiger partial charge >= 0.3 is 0 Å². The summed E-state index contributed by atoms with van der Waals surface area (Å²) >= 11 is 0. The molecule has 1 aliphatic heterocycles. The van der Waals surface area contributed by atoms with E-state index in [4.69, 9.17) is 0 Å². The van der Waals surface area contributed by atoms with Crippen LogP contribution in [-0.2, 0) is 22.7 Å². The third-order valence-corrected chi connectivity index (χ3v) is 4.33. The molecule has 0 atom stereocenters. The number of hydrogen-bond acceptors (Lipinski definition) is 4. The highest BCUT2D eigenvalue weighted by Gasteiger charge is 2.18. The Labute approximate surface area is 147 Å². The van der Waals surface area contributed by atoms with Crippen LogP contribution in [0.1, 0.15) is 36.8 Å². The molecule has 2 heterocycles. The van der Waals surface area contributed by atoms with E-state index in [9.17, 15) is 9.59 Å². The number of carbonyl (C=O) groups is 2. The fourth-order valence-electron chi connectivity index (χ4n) is 2.90. The van der Waals surface area contributed by atoms with E-state index in [1.54, 1.807) is 15.9 Å². The van der Waals surface area contributed by atoms with E-state index in [0.717, 1.165) is 30.4 Å². The summed E-state index contributed by atoms with van der Waals surface area (Å²) in [7, 11) is 0. The van der Waals surface area contributed by atoms with Gasteiger partial charge in [-0.1, -0.05) is 30.7 Å². The van der Waals surface area contributed by atoms with Crippen molar-refractivity contribution in [2.75, 3.05) is 13.1 Å². The minimum Gasteiger partial charge on any atom is -0.350 e. The Balaban J connectivity index is 1.46. The first kappa shape index (κ1) is 17.1. The maximum atomic E-state index is 12.1. The van der Waals surface area contributed by atoms with E-state index in [2.05, 4.69) is 15.4 Å². The van der Waals surface area contributed by atoms with Crippen molar-refractivity contribution >= 4 is 11.8 Å². The van der Waals surface area contributed by atoms with Crippen molar-refractivity contribution in [1.29, 1.82) is 0 Å². The number of hydrogen-bond donors (Lipinski definition) is 1. The number of nitrogens with zero attached hydrogens (tertiary/aromatic N) is 4. The zero-order valence-electron chi connectivity index (χ0n) is 14.2. The second kappa shape index (κ2) is 8.41. The highest BCUT2D eigenvalue weighted by Crippen LogP contribution is 2.11. The molecule has 25 heavy (non-hydrogen) atoms. The first-order chi connectivity index (χ1) is 12.2. The Morgan fingerprint density at radius 2 is 1.92 bits per heavy atom. The van der Waals surface area contributed by atoms with Gasteiger partial charge in [-0.15, -0.1) is 0 Å². The monoisotopic (exact) mass is 341 g/mol. The van der Waals surface area contributed by atoms with E-state index in [0.29, 0.717) is 26.1 Å². The van der Waals surface area contributed by atoms with E-state index in [-0.39, 0.29) is 18.4 Å². The quantitative estimate of drug-likeness (QED) is 0.860. The van der Waals surface area contributed by atoms with Gasteiger partial charge in [-0.25, -0.2) is 9.67 Å². The summed E-state index contributed by atoms with van der Waals surface area (Å²) in [6.07, 6.45) is 6.71. The maximum absolute atomic E-state index is 12.1. The molecule has 7 nitrogen and oxygen atoms in total. The van der Waals surface area contributed by atoms with Crippen LogP contribution in [0.2, 0.25) is 0 Å². The average molecular weight is 341 g/mol. The summed E-state index contributed by atoms with van der Waals surface area (Å²) in [5, 5.41) is 6.97. The molecule has 2 amide bonds. The van der Waals surface area contributed by atoms with Crippen molar-refractivity contribution in [1.82, 2.24) is 25.0 Å². The van der Waals surface area contributed by atoms with E-state index in [1.165, 1.54) is 6.33 Å². The molecule has 132 valence electrons. The Kier molecular flexibility index (Phi) is 5.77. The number of likely N-dealkylation sites (tertiary alicyclic amines) is 1. The minimum atomic E-state index is -0.109. The lowest BCUT2D eigenvalue weighted by molar-refractivity contribution is -0.135. The summed E-state index contributed by atoms with van der Waals surface area (Å²) in [5.74, 6) is -0.0212. The largest absolute Gasteiger partial charge is 0.350 e. The molecular weight excluding hydrogens is 318 g/mol. The van der Waals surface area contributed by atoms with Gasteiger partial charge in [0.2, 0.25) is 11.8 Å². The summed E-state index contributed by atoms with van der Waals surface area (Å²) in [5.41, 5.74) is 2.15. The van der Waals surface area contributed by atoms with Gasteiger partial charge < -0.3 is 10.2 Å². The zero-order chi connectivity index (χ0) is 17.5. The van der Waals surface area contributed by atoms with Gasteiger partial charge in [0.05, 0.1) is 13.1 Å². The third kappa shape index (κ3) is 5.14. The molecule has 1 aliphatic rings. The maximum Gasteiger partial charge on any atom is 0.239 e. The van der Waals surface area contributed by atoms with Gasteiger partial charge in [-0.05, 0) is 24.0 Å². The normalized spacial score (nSPS) is 15.0. The molecule has 1 aromatic heterocycles. The van der Waals surface area contributed by atoms with Crippen molar-refractivity contribution in [3.05, 3.63) is 48.0 Å². The molecule has 0 spiro atoms. The van der Waals surface area contributed by atoms with Gasteiger partial charge in [0.1, 0.15) is 12.7 Å². The first-order valence-corrected chi connectivity index (χ1v) is 8.65. The zero-order valence-corrected chi connectivity index (χ0v) is 14.2. The number of benzene rings is 1. The smallest absolute Gasteiger partial charge is 0.239 e. The Morgan fingerprint density at radius 1 is 1.12 bits per heavy atom. The first-order valence-electron chi connectivity index (χ1n) is 8.65. The van der Waals surface area contributed by atoms with Crippen LogP contribution in [0.3, 0.4) is 0 Å². The van der Waals surface area contributed by atoms with Crippen LogP contribution in [0.4, 0.5) is 0 Å². The van der Waals surface area contributed by atoms with E-state index < -0.39 is 0 Å². The second-order valence-corrected chi connectivity index (χ2v) is 6.31. The standard InChI is InChI=1S/C18H23N5O2/c24-17(12-22-9-3-1-2-4-18(22)25)20-10-15-5-7-16(8-6-15)11-23-14-19-13-21-23/h5-8,13-14H,1-4,9-12H2,(H,20,24). The molecule has 1 aromatic carbocycles. The highest BCUT2D eigenvalue weighted by molar-refractivity contribution is 5.84. The molecule has 0 saturated carbocycles. The van der Waals surface area contributed by atoms with Crippen molar-refractivity contribution in [2.45, 2.75) is 38.8 Å². The molecule has 1 N–H and O–H groups in total. The molecule has 1 fully saturated rings. The summed E-state index contributed by atoms with van der Waals surface area (Å²) in [6, 6.07) is 8.01. The SMILES string of the molecule is O=C(CN1CCCCCC1=O)NCc1ccc(Cn2cncn2)cc1.